The number of nitrogens with zero attached hydrogens (tertiary/aromatic N) is 2. The molecule has 0 N–H and O–H groups in total. The van der Waals surface area contributed by atoms with Gasteiger partial charge in [-0.3, -0.25) is 9.36 Å². The number of hydrogen-bond acceptors (Lipinski definition) is 2. The first kappa shape index (κ1) is 12.6. The zero-order chi connectivity index (χ0) is 14.3. The van der Waals surface area contributed by atoms with Crippen LogP contribution in [-0.2, 0) is 0 Å². The third kappa shape index (κ3) is 2.01. The number of carbonyl (C=O) groups is 1. The molecule has 0 radical (unpaired) electrons. The molecule has 0 atom stereocenters. The zero-order valence-electron chi connectivity index (χ0n) is 11.8. The summed E-state index contributed by atoms with van der Waals surface area (Å²) in [6.07, 6.45) is 1.60. The minimum Gasteiger partial charge on any atom is -0.268 e. The number of carbonyl (C=O) groups excluding carboxylic acids is 1. The zero-order valence-corrected chi connectivity index (χ0v) is 11.8. The molecule has 0 bridgehead atoms. The maximum atomic E-state index is 12.6. The molecule has 1 heterocycles. The van der Waals surface area contributed by atoms with E-state index in [2.05, 4.69) is 11.9 Å². The number of aryl methyl sites for hydroxylation is 3. The average molecular weight is 264 g/mol. The van der Waals surface area contributed by atoms with E-state index in [1.54, 1.807) is 10.9 Å². The Hall–Kier alpha value is -2.42. The molecule has 0 saturated carbocycles. The average Bonchev–Trinajstić information content (AvgIpc) is 2.82. The number of benzene rings is 2. The van der Waals surface area contributed by atoms with Crippen LogP contribution in [0.1, 0.15) is 27.0 Å². The molecule has 1 aromatic heterocycles. The van der Waals surface area contributed by atoms with E-state index in [1.165, 1.54) is 5.56 Å². The van der Waals surface area contributed by atoms with Crippen LogP contribution in [0.25, 0.3) is 11.0 Å². The van der Waals surface area contributed by atoms with Gasteiger partial charge in [0.1, 0.15) is 6.33 Å². The van der Waals surface area contributed by atoms with Gasteiger partial charge in [-0.1, -0.05) is 17.7 Å². The standard InChI is InChI=1S/C17H16N2O/c1-11-4-6-14(7-5-11)17(20)19-10-18-15-8-12(2)13(3)9-16(15)19/h4-10H,1-3H3. The predicted octanol–water partition coefficient (Wildman–Crippen LogP) is 3.65. The molecule has 0 aliphatic carbocycles. The molecule has 0 aliphatic heterocycles. The van der Waals surface area contributed by atoms with Gasteiger partial charge in [0.25, 0.3) is 5.91 Å². The van der Waals surface area contributed by atoms with Gasteiger partial charge in [0.05, 0.1) is 11.0 Å². The lowest BCUT2D eigenvalue weighted by molar-refractivity contribution is 0.0964. The molecular formula is C17H16N2O. The van der Waals surface area contributed by atoms with E-state index >= 15 is 0 Å². The van der Waals surface area contributed by atoms with E-state index in [4.69, 9.17) is 0 Å². The van der Waals surface area contributed by atoms with E-state index < -0.39 is 0 Å². The molecule has 0 unspecified atom stereocenters. The highest BCUT2D eigenvalue weighted by Gasteiger charge is 2.13. The van der Waals surface area contributed by atoms with Crippen molar-refractivity contribution in [3.63, 3.8) is 0 Å². The van der Waals surface area contributed by atoms with E-state index in [1.807, 2.05) is 50.2 Å². The molecule has 100 valence electrons. The first-order chi connectivity index (χ1) is 9.56. The van der Waals surface area contributed by atoms with Crippen LogP contribution in [0.3, 0.4) is 0 Å². The van der Waals surface area contributed by atoms with Crippen molar-refractivity contribution >= 4 is 16.9 Å². The smallest absolute Gasteiger partial charge is 0.263 e. The summed E-state index contributed by atoms with van der Waals surface area (Å²) < 4.78 is 1.62. The second-order valence-electron chi connectivity index (χ2n) is 5.21. The van der Waals surface area contributed by atoms with Crippen molar-refractivity contribution in [3.05, 3.63) is 65.0 Å². The number of imidazole rings is 1. The molecule has 20 heavy (non-hydrogen) atoms. The fourth-order valence-electron chi connectivity index (χ4n) is 2.26. The van der Waals surface area contributed by atoms with Gasteiger partial charge in [-0.15, -0.1) is 0 Å². The van der Waals surface area contributed by atoms with Gasteiger partial charge >= 0.3 is 0 Å². The Kier molecular flexibility index (Phi) is 2.90. The normalized spacial score (nSPS) is 10.9. The molecular weight excluding hydrogens is 248 g/mol. The van der Waals surface area contributed by atoms with Crippen LogP contribution in [0, 0.1) is 20.8 Å². The van der Waals surface area contributed by atoms with Crippen molar-refractivity contribution in [1.29, 1.82) is 0 Å². The van der Waals surface area contributed by atoms with E-state index in [-0.39, 0.29) is 5.91 Å². The molecule has 0 saturated heterocycles. The molecule has 3 nitrogen and oxygen atoms in total. The van der Waals surface area contributed by atoms with Crippen molar-refractivity contribution in [1.82, 2.24) is 9.55 Å². The van der Waals surface area contributed by atoms with Gasteiger partial charge in [-0.25, -0.2) is 4.98 Å². The van der Waals surface area contributed by atoms with Crippen molar-refractivity contribution in [2.24, 2.45) is 0 Å². The number of fused-ring (bicyclic) bond motifs is 1. The van der Waals surface area contributed by atoms with Crippen LogP contribution >= 0.6 is 0 Å². The van der Waals surface area contributed by atoms with Gasteiger partial charge < -0.3 is 0 Å². The maximum absolute atomic E-state index is 12.6. The molecule has 0 spiro atoms. The van der Waals surface area contributed by atoms with Crippen LogP contribution in [-0.4, -0.2) is 15.5 Å². The van der Waals surface area contributed by atoms with E-state index in [0.717, 1.165) is 22.2 Å². The molecule has 0 aliphatic rings. The maximum Gasteiger partial charge on any atom is 0.263 e. The molecule has 2 aromatic carbocycles. The minimum atomic E-state index is -0.0456. The van der Waals surface area contributed by atoms with Crippen molar-refractivity contribution in [3.8, 4) is 0 Å². The van der Waals surface area contributed by atoms with Crippen LogP contribution in [0.4, 0.5) is 0 Å². The number of rotatable bonds is 1. The summed E-state index contributed by atoms with van der Waals surface area (Å²) in [6, 6.07) is 11.6. The Morgan fingerprint density at radius 1 is 1.00 bits per heavy atom. The Labute approximate surface area is 117 Å². The largest absolute Gasteiger partial charge is 0.268 e. The topological polar surface area (TPSA) is 34.9 Å². The first-order valence-corrected chi connectivity index (χ1v) is 6.62. The van der Waals surface area contributed by atoms with Crippen LogP contribution in [0.2, 0.25) is 0 Å². The summed E-state index contributed by atoms with van der Waals surface area (Å²) in [5.74, 6) is -0.0456. The second-order valence-corrected chi connectivity index (χ2v) is 5.21. The summed E-state index contributed by atoms with van der Waals surface area (Å²) in [4.78, 5) is 16.9. The van der Waals surface area contributed by atoms with E-state index in [9.17, 15) is 4.79 Å². The van der Waals surface area contributed by atoms with Gasteiger partial charge in [0.2, 0.25) is 0 Å². The second kappa shape index (κ2) is 4.60. The lowest BCUT2D eigenvalue weighted by Gasteiger charge is -2.05. The fraction of sp³-hybridized carbons (Fsp3) is 0.176. The van der Waals surface area contributed by atoms with E-state index in [0.29, 0.717) is 5.56 Å². The molecule has 3 rings (SSSR count). The minimum absolute atomic E-state index is 0.0456. The summed E-state index contributed by atoms with van der Waals surface area (Å²) in [5.41, 5.74) is 5.88. The predicted molar refractivity (Wildman–Crippen MR) is 80.1 cm³/mol. The van der Waals surface area contributed by atoms with Gasteiger partial charge in [-0.2, -0.15) is 0 Å². The van der Waals surface area contributed by atoms with Gasteiger partial charge in [-0.05, 0) is 56.2 Å². The van der Waals surface area contributed by atoms with Gasteiger partial charge in [0, 0.05) is 5.56 Å². The summed E-state index contributed by atoms with van der Waals surface area (Å²) in [5, 5.41) is 0. The monoisotopic (exact) mass is 264 g/mol. The van der Waals surface area contributed by atoms with Crippen molar-refractivity contribution < 1.29 is 4.79 Å². The molecule has 0 fully saturated rings. The highest BCUT2D eigenvalue weighted by Crippen LogP contribution is 2.19. The SMILES string of the molecule is Cc1ccc(C(=O)n2cnc3cc(C)c(C)cc32)cc1. The summed E-state index contributed by atoms with van der Waals surface area (Å²) in [7, 11) is 0. The molecule has 3 aromatic rings. The molecule has 0 amide bonds. The number of aromatic nitrogens is 2. The fourth-order valence-corrected chi connectivity index (χ4v) is 2.26. The first-order valence-electron chi connectivity index (χ1n) is 6.62. The van der Waals surface area contributed by atoms with Gasteiger partial charge in [0.15, 0.2) is 0 Å². The third-order valence-electron chi connectivity index (χ3n) is 3.68. The Morgan fingerprint density at radius 3 is 2.35 bits per heavy atom. The number of hydrogen-bond donors (Lipinski definition) is 0. The van der Waals surface area contributed by atoms with Crippen molar-refractivity contribution in [2.75, 3.05) is 0 Å². The highest BCUT2D eigenvalue weighted by molar-refractivity contribution is 6.01. The highest BCUT2D eigenvalue weighted by atomic mass is 16.2. The lowest BCUT2D eigenvalue weighted by Crippen LogP contribution is -2.10. The van der Waals surface area contributed by atoms with Crippen LogP contribution < -0.4 is 0 Å². The van der Waals surface area contributed by atoms with Crippen LogP contribution in [0.15, 0.2) is 42.7 Å². The summed E-state index contributed by atoms with van der Waals surface area (Å²) >= 11 is 0. The Bertz CT molecular complexity index is 798. The quantitative estimate of drug-likeness (QED) is 0.672. The van der Waals surface area contributed by atoms with Crippen LogP contribution in [0.5, 0.6) is 0 Å². The Morgan fingerprint density at radius 2 is 1.65 bits per heavy atom. The van der Waals surface area contributed by atoms with Crippen molar-refractivity contribution in [2.45, 2.75) is 20.8 Å². The lowest BCUT2D eigenvalue weighted by atomic mass is 10.1. The Balaban J connectivity index is 2.12. The molecule has 3 heteroatoms. The third-order valence-corrected chi connectivity index (χ3v) is 3.68. The summed E-state index contributed by atoms with van der Waals surface area (Å²) in [6.45, 7) is 6.10.